The van der Waals surface area contributed by atoms with Crippen LogP contribution in [0.2, 0.25) is 10.0 Å². The zero-order valence-corrected chi connectivity index (χ0v) is 13.4. The van der Waals surface area contributed by atoms with Gasteiger partial charge in [-0.3, -0.25) is 0 Å². The van der Waals surface area contributed by atoms with Crippen molar-refractivity contribution in [3.63, 3.8) is 0 Å². The smallest absolute Gasteiger partial charge is 0.340 e. The Morgan fingerprint density at radius 1 is 1.05 bits per heavy atom. The molecule has 0 atom stereocenters. The Hall–Kier alpha value is -1.43. The second kappa shape index (κ2) is 6.56. The molecule has 0 heterocycles. The third-order valence-corrected chi connectivity index (χ3v) is 4.46. The lowest BCUT2D eigenvalue weighted by atomic mass is 10.3. The summed E-state index contributed by atoms with van der Waals surface area (Å²) in [6.45, 7) is 2.18. The first-order valence-electron chi connectivity index (χ1n) is 6.05. The highest BCUT2D eigenvalue weighted by Gasteiger charge is 2.22. The average Bonchev–Trinajstić information content (AvgIpc) is 2.43. The molecule has 0 N–H and O–H groups in total. The minimum atomic E-state index is -4.10. The van der Waals surface area contributed by atoms with E-state index >= 15 is 0 Å². The molecule has 0 aromatic heterocycles. The minimum Gasteiger partial charge on any atom is -0.490 e. The lowest BCUT2D eigenvalue weighted by Gasteiger charge is -2.12. The van der Waals surface area contributed by atoms with E-state index in [0.717, 1.165) is 0 Å². The summed E-state index contributed by atoms with van der Waals surface area (Å²) < 4.78 is 35.1. The third-order valence-electron chi connectivity index (χ3n) is 2.51. The van der Waals surface area contributed by atoms with E-state index in [1.165, 1.54) is 24.3 Å². The van der Waals surface area contributed by atoms with Crippen molar-refractivity contribution in [2.24, 2.45) is 0 Å². The van der Waals surface area contributed by atoms with E-state index in [-0.39, 0.29) is 20.7 Å². The molecule has 0 saturated carbocycles. The number of ether oxygens (including phenoxy) is 1. The van der Waals surface area contributed by atoms with Crippen LogP contribution in [0.25, 0.3) is 0 Å². The van der Waals surface area contributed by atoms with E-state index in [2.05, 4.69) is 0 Å². The van der Waals surface area contributed by atoms with Crippen LogP contribution >= 0.6 is 23.2 Å². The molecule has 0 saturated heterocycles. The first kappa shape index (κ1) is 15.9. The van der Waals surface area contributed by atoms with Crippen molar-refractivity contribution in [2.45, 2.75) is 11.8 Å². The Kier molecular flexibility index (Phi) is 4.98. The van der Waals surface area contributed by atoms with Gasteiger partial charge in [0.2, 0.25) is 0 Å². The summed E-state index contributed by atoms with van der Waals surface area (Å²) in [5.41, 5.74) is 0. The molecule has 0 bridgehead atoms. The summed E-state index contributed by atoms with van der Waals surface area (Å²) in [6.07, 6.45) is 0. The van der Waals surface area contributed by atoms with Gasteiger partial charge in [-0.25, -0.2) is 0 Å². The van der Waals surface area contributed by atoms with Crippen LogP contribution in [0.4, 0.5) is 0 Å². The second-order valence-electron chi connectivity index (χ2n) is 3.99. The van der Waals surface area contributed by atoms with Crippen LogP contribution in [0, 0.1) is 0 Å². The second-order valence-corrected chi connectivity index (χ2v) is 6.35. The van der Waals surface area contributed by atoms with Crippen molar-refractivity contribution >= 4 is 33.3 Å². The average molecular weight is 347 g/mol. The van der Waals surface area contributed by atoms with Gasteiger partial charge in [-0.1, -0.05) is 35.3 Å². The summed E-state index contributed by atoms with van der Waals surface area (Å²) in [7, 11) is -4.10. The van der Waals surface area contributed by atoms with Crippen LogP contribution < -0.4 is 8.92 Å². The lowest BCUT2D eigenvalue weighted by molar-refractivity contribution is 0.327. The van der Waals surface area contributed by atoms with Crippen molar-refractivity contribution in [3.05, 3.63) is 52.5 Å². The zero-order valence-electron chi connectivity index (χ0n) is 11.0. The Balaban J connectivity index is 2.40. The molecule has 112 valence electrons. The highest BCUT2D eigenvalue weighted by atomic mass is 35.5. The SMILES string of the molecule is CCOc1ccccc1OS(=O)(=O)c1cc(Cl)ccc1Cl. The van der Waals surface area contributed by atoms with E-state index in [1.54, 1.807) is 25.1 Å². The van der Waals surface area contributed by atoms with Gasteiger partial charge in [0.15, 0.2) is 11.5 Å². The van der Waals surface area contributed by atoms with Gasteiger partial charge in [0.05, 0.1) is 11.6 Å². The summed E-state index contributed by atoms with van der Waals surface area (Å²) in [6, 6.07) is 10.6. The molecule has 7 heteroatoms. The van der Waals surface area contributed by atoms with Crippen molar-refractivity contribution in [1.29, 1.82) is 0 Å². The van der Waals surface area contributed by atoms with Gasteiger partial charge in [-0.2, -0.15) is 8.42 Å². The molecule has 4 nitrogen and oxygen atoms in total. The Morgan fingerprint density at radius 3 is 2.38 bits per heavy atom. The summed E-state index contributed by atoms with van der Waals surface area (Å²) in [5.74, 6) is 0.428. The first-order valence-corrected chi connectivity index (χ1v) is 8.22. The maximum Gasteiger partial charge on any atom is 0.340 e. The number of para-hydroxylation sites is 2. The van der Waals surface area contributed by atoms with Crippen LogP contribution in [0.3, 0.4) is 0 Å². The highest BCUT2D eigenvalue weighted by molar-refractivity contribution is 7.87. The molecule has 0 aliphatic rings. The predicted octanol–water partition coefficient (Wildman–Crippen LogP) is 4.16. The normalized spacial score (nSPS) is 11.2. The summed E-state index contributed by atoms with van der Waals surface area (Å²) in [5, 5.41) is 0.285. The van der Waals surface area contributed by atoms with Gasteiger partial charge >= 0.3 is 10.1 Å². The zero-order chi connectivity index (χ0) is 15.5. The lowest BCUT2D eigenvalue weighted by Crippen LogP contribution is -2.11. The molecule has 0 amide bonds. The van der Waals surface area contributed by atoms with Crippen molar-refractivity contribution in [1.82, 2.24) is 0 Å². The predicted molar refractivity (Wildman–Crippen MR) is 81.9 cm³/mol. The molecule has 0 unspecified atom stereocenters. The fourth-order valence-electron chi connectivity index (χ4n) is 1.63. The van der Waals surface area contributed by atoms with Gasteiger partial charge in [0.1, 0.15) is 4.90 Å². The maximum absolute atomic E-state index is 12.3. The van der Waals surface area contributed by atoms with E-state index in [1.807, 2.05) is 0 Å². The monoisotopic (exact) mass is 346 g/mol. The topological polar surface area (TPSA) is 52.6 Å². The molecule has 0 aliphatic heterocycles. The molecule has 2 aromatic rings. The van der Waals surface area contributed by atoms with Gasteiger partial charge in [0.25, 0.3) is 0 Å². The molecule has 0 fully saturated rings. The molecular formula is C14H12Cl2O4S. The number of hydrogen-bond acceptors (Lipinski definition) is 4. The van der Waals surface area contributed by atoms with Crippen LogP contribution in [0.5, 0.6) is 11.5 Å². The van der Waals surface area contributed by atoms with Gasteiger partial charge in [-0.15, -0.1) is 0 Å². The van der Waals surface area contributed by atoms with Crippen LogP contribution in [-0.2, 0) is 10.1 Å². The molecule has 2 aromatic carbocycles. The molecule has 0 spiro atoms. The Bertz CT molecular complexity index is 744. The molecule has 0 aliphatic carbocycles. The fraction of sp³-hybridized carbons (Fsp3) is 0.143. The highest BCUT2D eigenvalue weighted by Crippen LogP contribution is 2.32. The largest absolute Gasteiger partial charge is 0.490 e. The van der Waals surface area contributed by atoms with Gasteiger partial charge < -0.3 is 8.92 Å². The number of rotatable bonds is 5. The van der Waals surface area contributed by atoms with Crippen molar-refractivity contribution in [3.8, 4) is 11.5 Å². The molecule has 21 heavy (non-hydrogen) atoms. The van der Waals surface area contributed by atoms with Crippen molar-refractivity contribution in [2.75, 3.05) is 6.61 Å². The van der Waals surface area contributed by atoms with E-state index < -0.39 is 10.1 Å². The Morgan fingerprint density at radius 2 is 1.71 bits per heavy atom. The van der Waals surface area contributed by atoms with Crippen molar-refractivity contribution < 1.29 is 17.3 Å². The van der Waals surface area contributed by atoms with Crippen LogP contribution in [0.15, 0.2) is 47.4 Å². The number of hydrogen-bond donors (Lipinski definition) is 0. The molecular weight excluding hydrogens is 335 g/mol. The van der Waals surface area contributed by atoms with E-state index in [0.29, 0.717) is 12.4 Å². The third kappa shape index (κ3) is 3.81. The van der Waals surface area contributed by atoms with Crippen LogP contribution in [-0.4, -0.2) is 15.0 Å². The van der Waals surface area contributed by atoms with E-state index in [4.69, 9.17) is 32.1 Å². The van der Waals surface area contributed by atoms with Gasteiger partial charge in [-0.05, 0) is 37.3 Å². The maximum atomic E-state index is 12.3. The minimum absolute atomic E-state index is 0.0355. The standard InChI is InChI=1S/C14H12Cl2O4S/c1-2-19-12-5-3-4-6-13(12)20-21(17,18)14-9-10(15)7-8-11(14)16/h3-9H,2H2,1H3. The summed E-state index contributed by atoms with van der Waals surface area (Å²) >= 11 is 11.7. The van der Waals surface area contributed by atoms with E-state index in [9.17, 15) is 8.42 Å². The number of benzene rings is 2. The fourth-order valence-corrected chi connectivity index (χ4v) is 3.31. The number of halogens is 2. The molecule has 0 radical (unpaired) electrons. The summed E-state index contributed by atoms with van der Waals surface area (Å²) in [4.78, 5) is -0.192. The quantitative estimate of drug-likeness (QED) is 0.762. The first-order chi connectivity index (χ1) is 9.94. The van der Waals surface area contributed by atoms with Gasteiger partial charge in [0, 0.05) is 5.02 Å². The molecule has 2 rings (SSSR count). The van der Waals surface area contributed by atoms with Crippen LogP contribution in [0.1, 0.15) is 6.92 Å². The Labute approximate surface area is 133 Å².